The van der Waals surface area contributed by atoms with Crippen molar-refractivity contribution in [3.63, 3.8) is 0 Å². The lowest BCUT2D eigenvalue weighted by atomic mass is 10.0. The maximum absolute atomic E-state index is 11.8. The van der Waals surface area contributed by atoms with E-state index in [0.717, 1.165) is 19.7 Å². The molecule has 3 fully saturated rings. The molecule has 0 unspecified atom stereocenters. The molecule has 3 atom stereocenters. The molecule has 0 spiro atoms. The average molecular weight is 280 g/mol. The summed E-state index contributed by atoms with van der Waals surface area (Å²) in [7, 11) is 0. The predicted octanol–water partition coefficient (Wildman–Crippen LogP) is 2.03. The van der Waals surface area contributed by atoms with E-state index in [-0.39, 0.29) is 5.91 Å². The summed E-state index contributed by atoms with van der Waals surface area (Å²) in [5, 5.41) is 0. The Hall–Kier alpha value is -0.610. The van der Waals surface area contributed by atoms with E-state index in [1.54, 1.807) is 6.92 Å². The highest BCUT2D eigenvalue weighted by Gasteiger charge is 2.39. The summed E-state index contributed by atoms with van der Waals surface area (Å²) in [6.07, 6.45) is 9.06. The van der Waals surface area contributed by atoms with Crippen LogP contribution in [-0.2, 0) is 9.53 Å². The van der Waals surface area contributed by atoms with Gasteiger partial charge in [-0.15, -0.1) is 0 Å². The highest BCUT2D eigenvalue weighted by Crippen LogP contribution is 2.31. The molecule has 3 rings (SSSR count). The van der Waals surface area contributed by atoms with Crippen molar-refractivity contribution in [3.8, 4) is 0 Å². The van der Waals surface area contributed by atoms with Crippen LogP contribution in [0, 0.1) is 0 Å². The van der Waals surface area contributed by atoms with Crippen LogP contribution >= 0.6 is 0 Å². The summed E-state index contributed by atoms with van der Waals surface area (Å²) in [6, 6.07) is 1.03. The number of likely N-dealkylation sites (tertiary alicyclic amines) is 2. The number of carbonyl (C=O) groups excluding carboxylic acids is 1. The van der Waals surface area contributed by atoms with Gasteiger partial charge < -0.3 is 9.64 Å². The van der Waals surface area contributed by atoms with Gasteiger partial charge in [-0.05, 0) is 51.5 Å². The normalized spacial score (nSPS) is 35.6. The molecule has 1 amide bonds. The quantitative estimate of drug-likeness (QED) is 0.793. The van der Waals surface area contributed by atoms with Gasteiger partial charge in [-0.3, -0.25) is 9.69 Å². The number of hydrogen-bond acceptors (Lipinski definition) is 3. The fraction of sp³-hybridized carbons (Fsp3) is 0.938. The smallest absolute Gasteiger partial charge is 0.219 e. The minimum atomic E-state index is 0.258. The standard InChI is InChI=1S/C16H28N2O2/c1-13(19)18-10-5-8-16(18)15-7-4-9-17(15)12-14-6-2-3-11-20-14/h14-16H,2-12H2,1H3/t14-,15-,16+/m0/s1. The Balaban J connectivity index is 1.61. The molecule has 3 heterocycles. The van der Waals surface area contributed by atoms with E-state index in [1.165, 1.54) is 51.5 Å². The zero-order valence-electron chi connectivity index (χ0n) is 12.7. The number of ether oxygens (including phenoxy) is 1. The number of rotatable bonds is 3. The minimum absolute atomic E-state index is 0.258. The van der Waals surface area contributed by atoms with Gasteiger partial charge in [0.05, 0.1) is 6.10 Å². The van der Waals surface area contributed by atoms with E-state index in [1.807, 2.05) is 0 Å². The van der Waals surface area contributed by atoms with Crippen LogP contribution in [0.1, 0.15) is 51.9 Å². The van der Waals surface area contributed by atoms with Crippen LogP contribution < -0.4 is 0 Å². The summed E-state index contributed by atoms with van der Waals surface area (Å²) in [4.78, 5) is 16.5. The van der Waals surface area contributed by atoms with Gasteiger partial charge in [-0.25, -0.2) is 0 Å². The molecule has 4 heteroatoms. The third-order valence-electron chi connectivity index (χ3n) is 5.27. The largest absolute Gasteiger partial charge is 0.377 e. The maximum Gasteiger partial charge on any atom is 0.219 e. The van der Waals surface area contributed by atoms with Gasteiger partial charge in [-0.1, -0.05) is 0 Å². The number of nitrogens with zero attached hydrogens (tertiary/aromatic N) is 2. The molecule has 0 aromatic rings. The molecule has 114 valence electrons. The summed E-state index contributed by atoms with van der Waals surface area (Å²) in [5.74, 6) is 0.258. The molecule has 0 aromatic carbocycles. The molecule has 0 saturated carbocycles. The molecule has 0 aliphatic carbocycles. The Morgan fingerprint density at radius 2 is 1.85 bits per heavy atom. The predicted molar refractivity (Wildman–Crippen MR) is 78.6 cm³/mol. The Morgan fingerprint density at radius 3 is 2.60 bits per heavy atom. The van der Waals surface area contributed by atoms with Crippen LogP contribution in [-0.4, -0.2) is 60.1 Å². The summed E-state index contributed by atoms with van der Waals surface area (Å²) in [6.45, 7) is 5.89. The fourth-order valence-electron chi connectivity index (χ4n) is 4.31. The molecule has 20 heavy (non-hydrogen) atoms. The first-order valence-corrected chi connectivity index (χ1v) is 8.38. The molecule has 3 aliphatic rings. The van der Waals surface area contributed by atoms with Gasteiger partial charge in [0.2, 0.25) is 5.91 Å². The van der Waals surface area contributed by atoms with E-state index in [0.29, 0.717) is 18.2 Å². The number of amides is 1. The molecule has 0 N–H and O–H groups in total. The molecule has 0 bridgehead atoms. The molecule has 0 aromatic heterocycles. The minimum Gasteiger partial charge on any atom is -0.377 e. The zero-order chi connectivity index (χ0) is 13.9. The van der Waals surface area contributed by atoms with Crippen LogP contribution in [0.4, 0.5) is 0 Å². The first-order chi connectivity index (χ1) is 9.75. The van der Waals surface area contributed by atoms with Crippen molar-refractivity contribution in [3.05, 3.63) is 0 Å². The highest BCUT2D eigenvalue weighted by atomic mass is 16.5. The van der Waals surface area contributed by atoms with Gasteiger partial charge in [0.1, 0.15) is 0 Å². The van der Waals surface area contributed by atoms with Crippen molar-refractivity contribution >= 4 is 5.91 Å². The van der Waals surface area contributed by atoms with E-state index < -0.39 is 0 Å². The number of hydrogen-bond donors (Lipinski definition) is 0. The molecule has 4 nitrogen and oxygen atoms in total. The lowest BCUT2D eigenvalue weighted by Gasteiger charge is -2.37. The van der Waals surface area contributed by atoms with Gasteiger partial charge in [-0.2, -0.15) is 0 Å². The summed E-state index contributed by atoms with van der Waals surface area (Å²) < 4.78 is 5.90. The van der Waals surface area contributed by atoms with Crippen LogP contribution in [0.3, 0.4) is 0 Å². The van der Waals surface area contributed by atoms with Gasteiger partial charge in [0.15, 0.2) is 0 Å². The first kappa shape index (κ1) is 14.3. The maximum atomic E-state index is 11.8. The van der Waals surface area contributed by atoms with Crippen molar-refractivity contribution < 1.29 is 9.53 Å². The number of carbonyl (C=O) groups is 1. The lowest BCUT2D eigenvalue weighted by Crippen LogP contribution is -2.49. The Bertz CT molecular complexity index is 341. The summed E-state index contributed by atoms with van der Waals surface area (Å²) in [5.41, 5.74) is 0. The lowest BCUT2D eigenvalue weighted by molar-refractivity contribution is -0.130. The Labute approximate surface area is 122 Å². The van der Waals surface area contributed by atoms with Crippen molar-refractivity contribution in [2.24, 2.45) is 0 Å². The van der Waals surface area contributed by atoms with Crippen molar-refractivity contribution in [2.45, 2.75) is 70.1 Å². The second-order valence-corrected chi connectivity index (χ2v) is 6.62. The first-order valence-electron chi connectivity index (χ1n) is 8.38. The topological polar surface area (TPSA) is 32.8 Å². The highest BCUT2D eigenvalue weighted by molar-refractivity contribution is 5.74. The molecular formula is C16H28N2O2. The second kappa shape index (κ2) is 6.44. The molecule has 3 saturated heterocycles. The van der Waals surface area contributed by atoms with Crippen LogP contribution in [0.2, 0.25) is 0 Å². The SMILES string of the molecule is CC(=O)N1CCC[C@@H]1[C@@H]1CCCN1C[C@@H]1CCCCO1. The van der Waals surface area contributed by atoms with E-state index >= 15 is 0 Å². The van der Waals surface area contributed by atoms with Crippen molar-refractivity contribution in [2.75, 3.05) is 26.2 Å². The van der Waals surface area contributed by atoms with E-state index in [4.69, 9.17) is 4.74 Å². The second-order valence-electron chi connectivity index (χ2n) is 6.62. The average Bonchev–Trinajstić information content (AvgIpc) is 3.07. The summed E-state index contributed by atoms with van der Waals surface area (Å²) >= 11 is 0. The van der Waals surface area contributed by atoms with Crippen LogP contribution in [0.5, 0.6) is 0 Å². The van der Waals surface area contributed by atoms with Gasteiger partial charge >= 0.3 is 0 Å². The van der Waals surface area contributed by atoms with Crippen molar-refractivity contribution in [1.82, 2.24) is 9.80 Å². The van der Waals surface area contributed by atoms with E-state index in [9.17, 15) is 4.79 Å². The molecular weight excluding hydrogens is 252 g/mol. The van der Waals surface area contributed by atoms with E-state index in [2.05, 4.69) is 9.80 Å². The Morgan fingerprint density at radius 1 is 1.05 bits per heavy atom. The third-order valence-corrected chi connectivity index (χ3v) is 5.27. The van der Waals surface area contributed by atoms with Gasteiger partial charge in [0, 0.05) is 38.7 Å². The molecule has 3 aliphatic heterocycles. The van der Waals surface area contributed by atoms with Crippen LogP contribution in [0.25, 0.3) is 0 Å². The fourth-order valence-corrected chi connectivity index (χ4v) is 4.31. The Kier molecular flexibility index (Phi) is 4.61. The molecule has 0 radical (unpaired) electrons. The van der Waals surface area contributed by atoms with Crippen molar-refractivity contribution in [1.29, 1.82) is 0 Å². The van der Waals surface area contributed by atoms with Crippen LogP contribution in [0.15, 0.2) is 0 Å². The zero-order valence-corrected chi connectivity index (χ0v) is 12.7. The van der Waals surface area contributed by atoms with Gasteiger partial charge in [0.25, 0.3) is 0 Å². The monoisotopic (exact) mass is 280 g/mol. The third kappa shape index (κ3) is 3.01.